The summed E-state index contributed by atoms with van der Waals surface area (Å²) in [6.45, 7) is 8.12. The molecule has 3 unspecified atom stereocenters. The highest BCUT2D eigenvalue weighted by molar-refractivity contribution is 5.77. The zero-order chi connectivity index (χ0) is 12.8. The molecule has 1 rings (SSSR count). The highest BCUT2D eigenvalue weighted by atomic mass is 16.5. The van der Waals surface area contributed by atoms with Crippen molar-refractivity contribution in [3.63, 3.8) is 0 Å². The van der Waals surface area contributed by atoms with Crippen LogP contribution in [-0.4, -0.2) is 55.4 Å². The number of amides is 1. The van der Waals surface area contributed by atoms with Gasteiger partial charge in [-0.05, 0) is 20.8 Å². The van der Waals surface area contributed by atoms with Crippen molar-refractivity contribution < 1.29 is 14.3 Å². The number of ether oxygens (including phenoxy) is 2. The van der Waals surface area contributed by atoms with Gasteiger partial charge in [-0.15, -0.1) is 0 Å². The van der Waals surface area contributed by atoms with Crippen LogP contribution in [0.15, 0.2) is 0 Å². The molecule has 17 heavy (non-hydrogen) atoms. The van der Waals surface area contributed by atoms with Crippen LogP contribution in [0, 0.1) is 0 Å². The number of carbonyl (C=O) groups excluding carboxylic acids is 1. The summed E-state index contributed by atoms with van der Waals surface area (Å²) in [6, 6.07) is 0.138. The molecule has 100 valence electrons. The van der Waals surface area contributed by atoms with E-state index in [1.165, 1.54) is 0 Å². The Kier molecular flexibility index (Phi) is 5.88. The van der Waals surface area contributed by atoms with Gasteiger partial charge in [0.2, 0.25) is 5.91 Å². The predicted octanol–water partition coefficient (Wildman–Crippen LogP) is 0.376. The molecule has 1 heterocycles. The minimum absolute atomic E-state index is 0.108. The third-order valence-electron chi connectivity index (χ3n) is 3.00. The van der Waals surface area contributed by atoms with Crippen molar-refractivity contribution >= 4 is 5.91 Å². The molecule has 2 N–H and O–H groups in total. The van der Waals surface area contributed by atoms with E-state index in [9.17, 15) is 4.79 Å². The Hall–Kier alpha value is -0.650. The molecule has 0 aliphatic carbocycles. The Morgan fingerprint density at radius 1 is 1.59 bits per heavy atom. The van der Waals surface area contributed by atoms with Crippen molar-refractivity contribution in [3.8, 4) is 0 Å². The number of rotatable bonds is 5. The zero-order valence-electron chi connectivity index (χ0n) is 11.0. The van der Waals surface area contributed by atoms with Crippen molar-refractivity contribution in [2.45, 2.75) is 45.4 Å². The SMILES string of the molecule is CCOC(CN)CC(=O)N1CC(C)OCC1C. The maximum Gasteiger partial charge on any atom is 0.225 e. The second-order valence-corrected chi connectivity index (χ2v) is 4.56. The number of nitrogens with two attached hydrogens (primary N) is 1. The van der Waals surface area contributed by atoms with Gasteiger partial charge in [0.05, 0.1) is 31.3 Å². The Bertz CT molecular complexity index is 248. The van der Waals surface area contributed by atoms with Crippen LogP contribution in [0.5, 0.6) is 0 Å². The van der Waals surface area contributed by atoms with Crippen LogP contribution in [-0.2, 0) is 14.3 Å². The van der Waals surface area contributed by atoms with Gasteiger partial charge in [0.25, 0.3) is 0 Å². The van der Waals surface area contributed by atoms with E-state index in [1.807, 2.05) is 25.7 Å². The van der Waals surface area contributed by atoms with E-state index < -0.39 is 0 Å². The third-order valence-corrected chi connectivity index (χ3v) is 3.00. The highest BCUT2D eigenvalue weighted by Gasteiger charge is 2.28. The van der Waals surface area contributed by atoms with Gasteiger partial charge in [-0.2, -0.15) is 0 Å². The molecular weight excluding hydrogens is 220 g/mol. The monoisotopic (exact) mass is 244 g/mol. The van der Waals surface area contributed by atoms with Crippen molar-refractivity contribution in [3.05, 3.63) is 0 Å². The van der Waals surface area contributed by atoms with E-state index >= 15 is 0 Å². The molecule has 3 atom stereocenters. The van der Waals surface area contributed by atoms with Crippen molar-refractivity contribution in [2.24, 2.45) is 5.73 Å². The Balaban J connectivity index is 2.49. The number of hydrogen-bond acceptors (Lipinski definition) is 4. The molecule has 0 aromatic rings. The predicted molar refractivity (Wildman–Crippen MR) is 65.7 cm³/mol. The summed E-state index contributed by atoms with van der Waals surface area (Å²) in [7, 11) is 0. The summed E-state index contributed by atoms with van der Waals surface area (Å²) >= 11 is 0. The van der Waals surface area contributed by atoms with Crippen LogP contribution in [0.3, 0.4) is 0 Å². The minimum Gasteiger partial charge on any atom is -0.377 e. The first-order valence-corrected chi connectivity index (χ1v) is 6.31. The maximum atomic E-state index is 12.1. The summed E-state index contributed by atoms with van der Waals surface area (Å²) < 4.78 is 10.9. The highest BCUT2D eigenvalue weighted by Crippen LogP contribution is 2.14. The van der Waals surface area contributed by atoms with Gasteiger partial charge in [-0.25, -0.2) is 0 Å². The van der Waals surface area contributed by atoms with Gasteiger partial charge in [-0.3, -0.25) is 4.79 Å². The second-order valence-electron chi connectivity index (χ2n) is 4.56. The fraction of sp³-hybridized carbons (Fsp3) is 0.917. The first-order valence-electron chi connectivity index (χ1n) is 6.31. The average molecular weight is 244 g/mol. The Morgan fingerprint density at radius 3 is 2.88 bits per heavy atom. The molecule has 0 aromatic carbocycles. The fourth-order valence-electron chi connectivity index (χ4n) is 2.01. The van der Waals surface area contributed by atoms with Crippen LogP contribution in [0.25, 0.3) is 0 Å². The van der Waals surface area contributed by atoms with Gasteiger partial charge >= 0.3 is 0 Å². The van der Waals surface area contributed by atoms with Crippen molar-refractivity contribution in [1.82, 2.24) is 4.90 Å². The molecule has 5 heteroatoms. The molecule has 1 saturated heterocycles. The lowest BCUT2D eigenvalue weighted by atomic mass is 10.1. The molecule has 0 spiro atoms. The molecule has 0 aromatic heterocycles. The summed E-state index contributed by atoms with van der Waals surface area (Å²) in [4.78, 5) is 14.0. The summed E-state index contributed by atoms with van der Waals surface area (Å²) in [5.74, 6) is 0.108. The lowest BCUT2D eigenvalue weighted by Gasteiger charge is -2.37. The third kappa shape index (κ3) is 4.26. The van der Waals surface area contributed by atoms with E-state index in [0.29, 0.717) is 32.7 Å². The lowest BCUT2D eigenvalue weighted by Crippen LogP contribution is -2.51. The molecule has 1 aliphatic heterocycles. The quantitative estimate of drug-likeness (QED) is 0.759. The van der Waals surface area contributed by atoms with Crippen LogP contribution < -0.4 is 5.73 Å². The van der Waals surface area contributed by atoms with Gasteiger partial charge < -0.3 is 20.1 Å². The number of hydrogen-bond donors (Lipinski definition) is 1. The first-order chi connectivity index (χ1) is 8.08. The van der Waals surface area contributed by atoms with Gasteiger partial charge in [-0.1, -0.05) is 0 Å². The molecule has 1 fully saturated rings. The van der Waals surface area contributed by atoms with Crippen LogP contribution >= 0.6 is 0 Å². The molecule has 0 radical (unpaired) electrons. The molecule has 0 bridgehead atoms. The zero-order valence-corrected chi connectivity index (χ0v) is 11.0. The maximum absolute atomic E-state index is 12.1. The van der Waals surface area contributed by atoms with E-state index in [1.54, 1.807) is 0 Å². The van der Waals surface area contributed by atoms with Crippen LogP contribution in [0.4, 0.5) is 0 Å². The summed E-state index contributed by atoms with van der Waals surface area (Å²) in [5, 5.41) is 0. The molecular formula is C12H24N2O3. The average Bonchev–Trinajstić information content (AvgIpc) is 2.31. The molecule has 0 saturated carbocycles. The minimum atomic E-state index is -0.169. The second kappa shape index (κ2) is 6.93. The number of morpholine rings is 1. The van der Waals surface area contributed by atoms with E-state index in [4.69, 9.17) is 15.2 Å². The Morgan fingerprint density at radius 2 is 2.29 bits per heavy atom. The smallest absolute Gasteiger partial charge is 0.225 e. The first kappa shape index (κ1) is 14.4. The van der Waals surface area contributed by atoms with Gasteiger partial charge in [0.15, 0.2) is 0 Å². The molecule has 1 amide bonds. The van der Waals surface area contributed by atoms with Crippen LogP contribution in [0.2, 0.25) is 0 Å². The topological polar surface area (TPSA) is 64.8 Å². The van der Waals surface area contributed by atoms with Crippen LogP contribution in [0.1, 0.15) is 27.2 Å². The number of nitrogens with zero attached hydrogens (tertiary/aromatic N) is 1. The molecule has 5 nitrogen and oxygen atoms in total. The van der Waals surface area contributed by atoms with Gasteiger partial charge in [0.1, 0.15) is 0 Å². The standard InChI is InChI=1S/C12H24N2O3/c1-4-16-11(6-13)5-12(15)14-7-10(3)17-8-9(14)2/h9-11H,4-8,13H2,1-3H3. The molecule has 1 aliphatic rings. The summed E-state index contributed by atoms with van der Waals surface area (Å²) in [5.41, 5.74) is 5.58. The van der Waals surface area contributed by atoms with E-state index in [2.05, 4.69) is 0 Å². The Labute approximate surface area is 103 Å². The van der Waals surface area contributed by atoms with E-state index in [0.717, 1.165) is 0 Å². The lowest BCUT2D eigenvalue weighted by molar-refractivity contribution is -0.145. The summed E-state index contributed by atoms with van der Waals surface area (Å²) in [6.07, 6.45) is 0.304. The fourth-order valence-corrected chi connectivity index (χ4v) is 2.01. The number of carbonyl (C=O) groups is 1. The van der Waals surface area contributed by atoms with Crippen molar-refractivity contribution in [2.75, 3.05) is 26.3 Å². The van der Waals surface area contributed by atoms with Crippen molar-refractivity contribution in [1.29, 1.82) is 0 Å². The van der Waals surface area contributed by atoms with E-state index in [-0.39, 0.29) is 24.2 Å². The normalized spacial score (nSPS) is 26.9. The largest absolute Gasteiger partial charge is 0.377 e. The van der Waals surface area contributed by atoms with Gasteiger partial charge in [0, 0.05) is 19.7 Å².